The zero-order valence-corrected chi connectivity index (χ0v) is 16.6. The SMILES string of the molecule is Cn1cc(NC(=O)c2c(Br)c(C(F)(F)F)nn2C)c(C(=O)NCc2ccco2)n1. The molecule has 3 aromatic rings. The van der Waals surface area contributed by atoms with E-state index in [9.17, 15) is 22.8 Å². The number of nitrogens with one attached hydrogen (secondary N) is 2. The Morgan fingerprint density at radius 3 is 2.55 bits per heavy atom. The molecule has 0 aliphatic rings. The third-order valence-electron chi connectivity index (χ3n) is 3.77. The van der Waals surface area contributed by atoms with Crippen molar-refractivity contribution in [3.8, 4) is 0 Å². The third kappa shape index (κ3) is 4.34. The van der Waals surface area contributed by atoms with Crippen LogP contribution >= 0.6 is 15.9 Å². The highest BCUT2D eigenvalue weighted by Gasteiger charge is 2.39. The summed E-state index contributed by atoms with van der Waals surface area (Å²) in [5.41, 5.74) is -1.67. The zero-order valence-electron chi connectivity index (χ0n) is 15.0. The number of amides is 2. The molecular formula is C16H14BrF3N6O3. The molecule has 0 aliphatic carbocycles. The third-order valence-corrected chi connectivity index (χ3v) is 4.52. The highest BCUT2D eigenvalue weighted by atomic mass is 79.9. The van der Waals surface area contributed by atoms with Crippen LogP contribution in [0.1, 0.15) is 32.4 Å². The largest absolute Gasteiger partial charge is 0.467 e. The molecule has 0 saturated heterocycles. The first-order valence-electron chi connectivity index (χ1n) is 8.03. The lowest BCUT2D eigenvalue weighted by atomic mass is 10.3. The number of hydrogen-bond donors (Lipinski definition) is 2. The van der Waals surface area contributed by atoms with Crippen LogP contribution in [0.15, 0.2) is 33.5 Å². The van der Waals surface area contributed by atoms with Gasteiger partial charge in [-0.25, -0.2) is 0 Å². The minimum Gasteiger partial charge on any atom is -0.467 e. The molecule has 13 heteroatoms. The summed E-state index contributed by atoms with van der Waals surface area (Å²) in [5, 5.41) is 12.3. The van der Waals surface area contributed by atoms with Gasteiger partial charge in [0, 0.05) is 20.3 Å². The number of aromatic nitrogens is 4. The van der Waals surface area contributed by atoms with Crippen molar-refractivity contribution in [2.24, 2.45) is 14.1 Å². The number of carbonyl (C=O) groups excluding carboxylic acids is 2. The van der Waals surface area contributed by atoms with Crippen LogP contribution in [-0.4, -0.2) is 31.4 Å². The van der Waals surface area contributed by atoms with Gasteiger partial charge in [0.15, 0.2) is 11.4 Å². The maximum atomic E-state index is 13.0. The Morgan fingerprint density at radius 1 is 1.24 bits per heavy atom. The fourth-order valence-electron chi connectivity index (χ4n) is 2.52. The van der Waals surface area contributed by atoms with Gasteiger partial charge in [0.05, 0.1) is 23.0 Å². The molecule has 0 bridgehead atoms. The van der Waals surface area contributed by atoms with Gasteiger partial charge in [0.2, 0.25) is 0 Å². The summed E-state index contributed by atoms with van der Waals surface area (Å²) in [6.45, 7) is 0.0953. The molecule has 2 amide bonds. The Kier molecular flexibility index (Phi) is 5.50. The van der Waals surface area contributed by atoms with E-state index in [-0.39, 0.29) is 23.6 Å². The Labute approximate surface area is 170 Å². The van der Waals surface area contributed by atoms with Crippen LogP contribution in [0.4, 0.5) is 18.9 Å². The molecule has 3 heterocycles. The lowest BCUT2D eigenvalue weighted by molar-refractivity contribution is -0.142. The number of hydrogen-bond acceptors (Lipinski definition) is 5. The molecule has 9 nitrogen and oxygen atoms in total. The van der Waals surface area contributed by atoms with Crippen molar-refractivity contribution in [3.63, 3.8) is 0 Å². The van der Waals surface area contributed by atoms with Crippen LogP contribution in [-0.2, 0) is 26.8 Å². The van der Waals surface area contributed by atoms with E-state index < -0.39 is 28.2 Å². The first-order valence-corrected chi connectivity index (χ1v) is 8.82. The quantitative estimate of drug-likeness (QED) is 0.591. The van der Waals surface area contributed by atoms with Gasteiger partial charge >= 0.3 is 6.18 Å². The van der Waals surface area contributed by atoms with Gasteiger partial charge in [-0.15, -0.1) is 0 Å². The number of carbonyl (C=O) groups is 2. The van der Waals surface area contributed by atoms with Crippen molar-refractivity contribution in [1.82, 2.24) is 24.9 Å². The lowest BCUT2D eigenvalue weighted by Crippen LogP contribution is -2.25. The maximum absolute atomic E-state index is 13.0. The van der Waals surface area contributed by atoms with Crippen molar-refractivity contribution in [2.45, 2.75) is 12.7 Å². The van der Waals surface area contributed by atoms with Gasteiger partial charge in [-0.2, -0.15) is 23.4 Å². The molecule has 3 aromatic heterocycles. The number of anilines is 1. The summed E-state index contributed by atoms with van der Waals surface area (Å²) in [6.07, 6.45) is -1.93. The standard InChI is InChI=1S/C16H14BrF3N6O3/c1-25-7-9(11(23-25)14(27)21-6-8-4-3-5-29-8)22-15(28)12-10(17)13(16(18,19)20)24-26(12)2/h3-5,7H,6H2,1-2H3,(H,21,27)(H,22,28). The molecule has 0 fully saturated rings. The van der Waals surface area contributed by atoms with Crippen LogP contribution < -0.4 is 10.6 Å². The second-order valence-corrected chi connectivity index (χ2v) is 6.71. The molecule has 3 rings (SSSR count). The molecule has 0 atom stereocenters. The maximum Gasteiger partial charge on any atom is 0.436 e. The molecule has 29 heavy (non-hydrogen) atoms. The molecule has 0 aliphatic heterocycles. The average Bonchev–Trinajstić information content (AvgIpc) is 3.32. The van der Waals surface area contributed by atoms with Gasteiger partial charge in [-0.1, -0.05) is 0 Å². The molecule has 2 N–H and O–H groups in total. The van der Waals surface area contributed by atoms with E-state index in [1.54, 1.807) is 12.1 Å². The van der Waals surface area contributed by atoms with Gasteiger partial charge < -0.3 is 15.1 Å². The number of aryl methyl sites for hydroxylation is 2. The fraction of sp³-hybridized carbons (Fsp3) is 0.250. The van der Waals surface area contributed by atoms with E-state index in [1.165, 1.54) is 31.2 Å². The smallest absolute Gasteiger partial charge is 0.436 e. The van der Waals surface area contributed by atoms with Gasteiger partial charge in [0.25, 0.3) is 11.8 Å². The summed E-state index contributed by atoms with van der Waals surface area (Å²) < 4.78 is 45.7. The summed E-state index contributed by atoms with van der Waals surface area (Å²) in [6, 6.07) is 3.33. The molecule has 0 spiro atoms. The van der Waals surface area contributed by atoms with E-state index in [0.29, 0.717) is 5.76 Å². The van der Waals surface area contributed by atoms with E-state index in [0.717, 1.165) is 4.68 Å². The summed E-state index contributed by atoms with van der Waals surface area (Å²) >= 11 is 2.78. The molecular weight excluding hydrogens is 461 g/mol. The topological polar surface area (TPSA) is 107 Å². The van der Waals surface area contributed by atoms with Gasteiger partial charge in [-0.05, 0) is 28.1 Å². The second kappa shape index (κ2) is 7.73. The molecule has 0 radical (unpaired) electrons. The number of furan rings is 1. The number of rotatable bonds is 5. The second-order valence-electron chi connectivity index (χ2n) is 5.91. The van der Waals surface area contributed by atoms with Crippen LogP contribution in [0, 0.1) is 0 Å². The van der Waals surface area contributed by atoms with Crippen LogP contribution in [0.2, 0.25) is 0 Å². The highest BCUT2D eigenvalue weighted by Crippen LogP contribution is 2.35. The lowest BCUT2D eigenvalue weighted by Gasteiger charge is -2.07. The van der Waals surface area contributed by atoms with Gasteiger partial charge in [0.1, 0.15) is 11.5 Å². The predicted octanol–water partition coefficient (Wildman–Crippen LogP) is 2.71. The first-order chi connectivity index (χ1) is 13.6. The van der Waals surface area contributed by atoms with Crippen molar-refractivity contribution in [3.05, 3.63) is 51.9 Å². The minimum atomic E-state index is -4.74. The van der Waals surface area contributed by atoms with E-state index in [4.69, 9.17) is 4.42 Å². The average molecular weight is 475 g/mol. The minimum absolute atomic E-state index is 0.0242. The summed E-state index contributed by atoms with van der Waals surface area (Å²) in [5.74, 6) is -0.980. The molecule has 0 unspecified atom stereocenters. The van der Waals surface area contributed by atoms with Crippen molar-refractivity contribution >= 4 is 33.4 Å². The summed E-state index contributed by atoms with van der Waals surface area (Å²) in [4.78, 5) is 25.0. The highest BCUT2D eigenvalue weighted by molar-refractivity contribution is 9.10. The van der Waals surface area contributed by atoms with Crippen molar-refractivity contribution in [1.29, 1.82) is 0 Å². The van der Waals surface area contributed by atoms with Crippen molar-refractivity contribution < 1.29 is 27.2 Å². The molecule has 154 valence electrons. The fourth-order valence-corrected chi connectivity index (χ4v) is 3.26. The normalized spacial score (nSPS) is 11.5. The number of halogens is 4. The Bertz CT molecular complexity index is 1060. The van der Waals surface area contributed by atoms with Gasteiger partial charge in [-0.3, -0.25) is 19.0 Å². The van der Waals surface area contributed by atoms with E-state index in [2.05, 4.69) is 36.8 Å². The zero-order chi connectivity index (χ0) is 21.3. The van der Waals surface area contributed by atoms with Crippen molar-refractivity contribution in [2.75, 3.05) is 5.32 Å². The monoisotopic (exact) mass is 474 g/mol. The number of nitrogens with zero attached hydrogens (tertiary/aromatic N) is 4. The number of alkyl halides is 3. The molecule has 0 aromatic carbocycles. The van der Waals surface area contributed by atoms with Crippen LogP contribution in [0.25, 0.3) is 0 Å². The van der Waals surface area contributed by atoms with E-state index >= 15 is 0 Å². The first kappa shape index (κ1) is 20.6. The van der Waals surface area contributed by atoms with E-state index in [1.807, 2.05) is 0 Å². The Morgan fingerprint density at radius 2 is 1.97 bits per heavy atom. The summed E-state index contributed by atoms with van der Waals surface area (Å²) in [7, 11) is 2.73. The van der Waals surface area contributed by atoms with Crippen LogP contribution in [0.5, 0.6) is 0 Å². The molecule has 0 saturated carbocycles. The Hall–Kier alpha value is -3.09. The Balaban J connectivity index is 1.81. The van der Waals surface area contributed by atoms with Crippen LogP contribution in [0.3, 0.4) is 0 Å². The predicted molar refractivity (Wildman–Crippen MR) is 96.9 cm³/mol.